The maximum atomic E-state index is 11.4. The molecule has 4 aromatic carbocycles. The van der Waals surface area contributed by atoms with Crippen molar-refractivity contribution >= 4 is 145 Å². The van der Waals surface area contributed by atoms with Gasteiger partial charge in [-0.25, -0.2) is 0 Å². The lowest BCUT2D eigenvalue weighted by atomic mass is 10.2. The van der Waals surface area contributed by atoms with E-state index in [0.717, 1.165) is 124 Å². The number of carbonyl (C=O) groups is 8. The molecule has 0 radical (unpaired) electrons. The number of thiol groups is 2. The average molecular weight is 1720 g/mol. The fourth-order valence-electron chi connectivity index (χ4n) is 5.40. The number of rotatable bonds is 44. The summed E-state index contributed by atoms with van der Waals surface area (Å²) >= 11 is 20.2. The molecule has 0 aliphatic carbocycles. The summed E-state index contributed by atoms with van der Waals surface area (Å²) in [6.07, 6.45) is 11.5. The minimum absolute atomic E-state index is 0.0929. The van der Waals surface area contributed by atoms with E-state index in [2.05, 4.69) is 64.4 Å². The minimum Gasteiger partial charge on any atom is -0.791 e. The van der Waals surface area contributed by atoms with Crippen LogP contribution in [0, 0.1) is 0 Å². The Bertz CT molecular complexity index is 3140. The lowest BCUT2D eigenvalue weighted by Gasteiger charge is -2.13. The van der Waals surface area contributed by atoms with E-state index in [4.69, 9.17) is 121 Å². The summed E-state index contributed by atoms with van der Waals surface area (Å²) < 4.78 is 20.9. The molecule has 0 aliphatic rings. The maximum absolute atomic E-state index is 11.4. The van der Waals surface area contributed by atoms with Crippen LogP contribution in [0.5, 0.6) is 23.0 Å². The summed E-state index contributed by atoms with van der Waals surface area (Å²) in [5.41, 5.74) is 76.0. The van der Waals surface area contributed by atoms with E-state index in [1.165, 1.54) is 0 Å². The molecule has 46 heteroatoms. The first-order valence-corrected chi connectivity index (χ1v) is 40.2. The SMILES string of the molecule is CCCCO.CCCCO.CCCCOc1c(OCCCC)c(=O)c1=O.CCCCOc1c(OCCCC)c(=O)c1=O.NC(=O)[C@@H](N)CS.NC(=O)[C@@H](N)CS.NC(=O)[C@H](N)CSc1c(SC[C@H](N)C(N)=O)c(=O)c1=O.NC(=O)[C@H](N)CSc1c(SC[C@H](N)C(N)=O)c(=O)c1=O.NC(=O)[C@H](N)C[S-].NC(=O)[C@H](N)C[S-]. The van der Waals surface area contributed by atoms with Crippen molar-refractivity contribution in [3.05, 3.63) is 81.8 Å². The average Bonchev–Trinajstić information content (AvgIpc) is 0.803. The van der Waals surface area contributed by atoms with Gasteiger partial charge in [0, 0.05) is 47.7 Å². The van der Waals surface area contributed by atoms with Gasteiger partial charge in [0.15, 0.2) is 0 Å². The van der Waals surface area contributed by atoms with Crippen LogP contribution in [0.3, 0.4) is 0 Å². The highest BCUT2D eigenvalue weighted by molar-refractivity contribution is 8.03. The minimum atomic E-state index is -0.907. The van der Waals surface area contributed by atoms with E-state index in [1.54, 1.807) is 0 Å². The third-order valence-electron chi connectivity index (χ3n) is 12.6. The molecule has 34 N–H and O–H groups in total. The van der Waals surface area contributed by atoms with Crippen LogP contribution < -0.4 is 154 Å². The number of carbonyl (C=O) groups excluding carboxylic acids is 8. The van der Waals surface area contributed by atoms with Gasteiger partial charge in [-0.05, 0) is 38.5 Å². The van der Waals surface area contributed by atoms with E-state index < -0.39 is 139 Å². The van der Waals surface area contributed by atoms with Gasteiger partial charge in [0.2, 0.25) is 92.0 Å². The number of hydrogen-bond donors (Lipinski definition) is 20. The zero-order valence-corrected chi connectivity index (χ0v) is 69.3. The molecule has 4 rings (SSSR count). The Balaban J connectivity index is -0.000000284. The van der Waals surface area contributed by atoms with Crippen LogP contribution in [0.25, 0.3) is 0 Å². The van der Waals surface area contributed by atoms with E-state index in [9.17, 15) is 76.7 Å². The fraction of sp³-hybridized carbons (Fsp3) is 0.625. The number of aliphatic hydroxyl groups excluding tert-OH is 2. The van der Waals surface area contributed by atoms with E-state index >= 15 is 0 Å². The van der Waals surface area contributed by atoms with E-state index in [-0.39, 0.29) is 77.1 Å². The maximum Gasteiger partial charge on any atom is 0.275 e. The zero-order chi connectivity index (χ0) is 86.5. The van der Waals surface area contributed by atoms with Crippen molar-refractivity contribution < 1.29 is 67.5 Å². The Labute approximate surface area is 676 Å². The molecular weight excluding hydrogens is 1600 g/mol. The van der Waals surface area contributed by atoms with Crippen molar-refractivity contribution in [2.75, 3.05) is 85.7 Å². The van der Waals surface area contributed by atoms with E-state index in [1.807, 2.05) is 27.7 Å². The van der Waals surface area contributed by atoms with Crippen LogP contribution in [-0.4, -0.2) is 191 Å². The molecule has 0 bridgehead atoms. The van der Waals surface area contributed by atoms with Crippen LogP contribution in [0.15, 0.2) is 57.9 Å². The van der Waals surface area contributed by atoms with Gasteiger partial charge >= 0.3 is 0 Å². The summed E-state index contributed by atoms with van der Waals surface area (Å²) in [7, 11) is 0. The third kappa shape index (κ3) is 51.3. The highest BCUT2D eigenvalue weighted by atomic mass is 32.2. The molecule has 4 aromatic rings. The zero-order valence-electron chi connectivity index (χ0n) is 62.6. The van der Waals surface area contributed by atoms with Crippen LogP contribution in [0.2, 0.25) is 0 Å². The van der Waals surface area contributed by atoms with Crippen molar-refractivity contribution in [3.8, 4) is 23.0 Å². The predicted octanol–water partition coefficient (Wildman–Crippen LogP) is -6.83. The molecule has 0 spiro atoms. The number of unbranched alkanes of at least 4 members (excludes halogenated alkanes) is 6. The predicted molar refractivity (Wildman–Crippen MR) is 443 cm³/mol. The molecule has 0 aromatic heterocycles. The van der Waals surface area contributed by atoms with Gasteiger partial charge < -0.3 is 146 Å². The summed E-state index contributed by atoms with van der Waals surface area (Å²) in [6, 6.07) is -6.10. The molecule has 0 saturated carbocycles. The van der Waals surface area contributed by atoms with Crippen molar-refractivity contribution in [1.82, 2.24) is 0 Å². The molecule has 110 heavy (non-hydrogen) atoms. The molecule has 0 aliphatic heterocycles. The smallest absolute Gasteiger partial charge is 0.275 e. The van der Waals surface area contributed by atoms with Crippen molar-refractivity contribution in [2.24, 2.45) is 91.7 Å². The normalized spacial score (nSPS) is 12.4. The van der Waals surface area contributed by atoms with Crippen LogP contribution >= 0.6 is 72.3 Å². The second-order valence-corrected chi connectivity index (χ2v) is 27.8. The monoisotopic (exact) mass is 1710 g/mol. The molecule has 0 unspecified atom stereocenters. The topological polar surface area (TPSA) is 767 Å². The Morgan fingerprint density at radius 1 is 0.309 bits per heavy atom. The van der Waals surface area contributed by atoms with Gasteiger partial charge in [0.1, 0.15) is 0 Å². The Hall–Kier alpha value is -6.32. The molecule has 38 nitrogen and oxygen atoms in total. The van der Waals surface area contributed by atoms with Gasteiger partial charge in [-0.3, -0.25) is 76.7 Å². The van der Waals surface area contributed by atoms with Gasteiger partial charge in [0.25, 0.3) is 21.7 Å². The van der Waals surface area contributed by atoms with Crippen molar-refractivity contribution in [2.45, 2.75) is 187 Å². The molecule has 0 saturated heterocycles. The Kier molecular flexibility index (Phi) is 72.3. The highest BCUT2D eigenvalue weighted by Gasteiger charge is 2.28. The Morgan fingerprint density at radius 2 is 0.473 bits per heavy atom. The summed E-state index contributed by atoms with van der Waals surface area (Å²) in [5, 5.41) is 16.1. The molecule has 0 fully saturated rings. The Morgan fingerprint density at radius 3 is 0.564 bits per heavy atom. The quantitative estimate of drug-likeness (QED) is 0.00643. The standard InChI is InChI=1S/2C12H18O4.2C10H14N4O4S2.2C4H10O.4C3H8N2OS/c2*1-3-5-7-15-11-9(13)10(14)12(11)16-8-6-4-2;2*11-3(9(13)17)1-19-7-5(15)6(16)8(7)20-2-4(12)10(14)18;2*1-2-3-4-5;4*4-2(1-7)3(5)6/h2*3-8H2,1-2H3;2*3-4H,1-2,11-12H2,(H2,13,17)(H2,14,18);2*5H,2-4H2,1H3;4*2,7H,1,4H2,(H2,5,6)/p-2/t;;2*3-,4+;;;4*2-/m......1100/s1. The number of hydrogen-bond acceptors (Lipinski definition) is 38. The number of aliphatic hydroxyl groups is 2. The molecule has 8 atom stereocenters. The van der Waals surface area contributed by atoms with Crippen LogP contribution in [-0.2, 0) is 63.6 Å². The number of primary amides is 8. The van der Waals surface area contributed by atoms with Gasteiger partial charge in [-0.15, -0.1) is 47.0 Å². The molecular formula is C64H114N16O22S8-2. The van der Waals surface area contributed by atoms with Gasteiger partial charge in [-0.1, -0.05) is 80.1 Å². The van der Waals surface area contributed by atoms with Crippen molar-refractivity contribution in [3.63, 3.8) is 0 Å². The first-order valence-electron chi connectivity index (χ1n) is 33.8. The van der Waals surface area contributed by atoms with E-state index in [0.29, 0.717) is 51.1 Å². The summed E-state index contributed by atoms with van der Waals surface area (Å²) in [6.45, 7) is 14.8. The third-order valence-corrected chi connectivity index (χ3v) is 19.2. The number of ether oxygens (including phenoxy) is 4. The lowest BCUT2D eigenvalue weighted by Crippen LogP contribution is -2.41. The number of thioether (sulfide) groups is 4. The first kappa shape index (κ1) is 115. The number of amides is 8. The second-order valence-electron chi connectivity index (χ2n) is 22.2. The molecule has 0 heterocycles. The fourth-order valence-corrected chi connectivity index (χ4v) is 10.6. The van der Waals surface area contributed by atoms with Gasteiger partial charge in [0.05, 0.1) is 94.3 Å². The second kappa shape index (κ2) is 69.4. The molecule has 632 valence electrons. The van der Waals surface area contributed by atoms with Crippen LogP contribution in [0.4, 0.5) is 0 Å². The first-order chi connectivity index (χ1) is 51.5. The van der Waals surface area contributed by atoms with Gasteiger partial charge in [-0.2, -0.15) is 36.8 Å². The highest BCUT2D eigenvalue weighted by Crippen LogP contribution is 2.29. The largest absolute Gasteiger partial charge is 0.791 e. The number of nitrogens with two attached hydrogens (primary N) is 16. The van der Waals surface area contributed by atoms with Crippen LogP contribution in [0.1, 0.15) is 119 Å². The van der Waals surface area contributed by atoms with Crippen molar-refractivity contribution in [1.29, 1.82) is 0 Å². The summed E-state index contributed by atoms with van der Waals surface area (Å²) in [4.78, 5) is 174. The lowest BCUT2D eigenvalue weighted by molar-refractivity contribution is -0.119. The molecule has 8 amide bonds. The summed E-state index contributed by atoms with van der Waals surface area (Å²) in [5.74, 6) is -2.96.